The van der Waals surface area contributed by atoms with Crippen LogP contribution in [0.5, 0.6) is 0 Å². The van der Waals surface area contributed by atoms with Crippen molar-refractivity contribution in [3.63, 3.8) is 0 Å². The maximum Gasteiger partial charge on any atom is 0.338 e. The summed E-state index contributed by atoms with van der Waals surface area (Å²) in [5.41, 5.74) is 0.343. The minimum Gasteiger partial charge on any atom is -0.462 e. The van der Waals surface area contributed by atoms with E-state index in [-0.39, 0.29) is 0 Å². The molecule has 1 aromatic rings. The minimum absolute atomic E-state index is 0.301. The third-order valence-corrected chi connectivity index (χ3v) is 1.72. The molecule has 0 aliphatic rings. The van der Waals surface area contributed by atoms with Crippen molar-refractivity contribution in [2.75, 3.05) is 6.61 Å². The first-order valence-electron chi connectivity index (χ1n) is 3.69. The first-order chi connectivity index (χ1) is 6.13. The smallest absolute Gasteiger partial charge is 0.338 e. The fraction of sp³-hybridized carbons (Fsp3) is 0.222. The van der Waals surface area contributed by atoms with Gasteiger partial charge < -0.3 is 4.74 Å². The van der Waals surface area contributed by atoms with Crippen molar-refractivity contribution in [1.82, 2.24) is 0 Å². The van der Waals surface area contributed by atoms with Gasteiger partial charge in [-0.3, -0.25) is 0 Å². The molecule has 0 N–H and O–H groups in total. The fourth-order valence-corrected chi connectivity index (χ4v) is 1.32. The lowest BCUT2D eigenvalue weighted by molar-refractivity contribution is 0.0526. The molecule has 0 amide bonds. The lowest BCUT2D eigenvalue weighted by atomic mass is 10.2. The molecule has 0 aliphatic carbocycles. The quantitative estimate of drug-likeness (QED) is 0.713. The lowest BCUT2D eigenvalue weighted by Crippen LogP contribution is -2.04. The molecule has 0 aliphatic heterocycles. The summed E-state index contributed by atoms with van der Waals surface area (Å²) in [5.74, 6) is -0.430. The zero-order chi connectivity index (χ0) is 9.84. The van der Waals surface area contributed by atoms with Crippen LogP contribution in [0.25, 0.3) is 0 Å². The van der Waals surface area contributed by atoms with Gasteiger partial charge in [0, 0.05) is 6.07 Å². The average molecular weight is 218 g/mol. The van der Waals surface area contributed by atoms with Crippen LogP contribution >= 0.6 is 23.2 Å². The van der Waals surface area contributed by atoms with Gasteiger partial charge in [-0.2, -0.15) is 0 Å². The van der Waals surface area contributed by atoms with E-state index in [1.807, 2.05) is 0 Å². The van der Waals surface area contributed by atoms with Crippen molar-refractivity contribution >= 4 is 29.2 Å². The number of hydrogen-bond acceptors (Lipinski definition) is 2. The number of esters is 1. The molecule has 0 atom stereocenters. The Labute approximate surface area is 86.4 Å². The molecular formula is C9H7Cl2O2. The number of rotatable bonds is 2. The third-order valence-electron chi connectivity index (χ3n) is 1.31. The lowest BCUT2D eigenvalue weighted by Gasteiger charge is -2.01. The Morgan fingerprint density at radius 2 is 2.00 bits per heavy atom. The van der Waals surface area contributed by atoms with Gasteiger partial charge in [0.15, 0.2) is 0 Å². The number of benzene rings is 1. The molecule has 13 heavy (non-hydrogen) atoms. The Morgan fingerprint density at radius 3 is 2.46 bits per heavy atom. The molecule has 1 rings (SSSR count). The number of carbonyl (C=O) groups excluding carboxylic acids is 1. The first-order valence-corrected chi connectivity index (χ1v) is 4.44. The highest BCUT2D eigenvalue weighted by atomic mass is 35.5. The first kappa shape index (κ1) is 10.4. The summed E-state index contributed by atoms with van der Waals surface area (Å²) in [6, 6.07) is 5.56. The molecule has 0 heterocycles. The summed E-state index contributed by atoms with van der Waals surface area (Å²) < 4.78 is 4.77. The summed E-state index contributed by atoms with van der Waals surface area (Å²) >= 11 is 11.3. The molecule has 0 unspecified atom stereocenters. The standard InChI is InChI=1S/C9H7Cl2O2/c1-2-13-9(12)6-3-7(10)5-8(11)4-6/h3-4H,2H2,1H3. The number of halogens is 2. The normalized spacial score (nSPS) is 9.77. The van der Waals surface area contributed by atoms with Crippen molar-refractivity contribution in [1.29, 1.82) is 0 Å². The minimum atomic E-state index is -0.430. The van der Waals surface area contributed by atoms with E-state index in [2.05, 4.69) is 6.07 Å². The summed E-state index contributed by atoms with van der Waals surface area (Å²) in [5, 5.41) is 0.603. The van der Waals surface area contributed by atoms with Crippen LogP contribution in [-0.4, -0.2) is 12.6 Å². The van der Waals surface area contributed by atoms with E-state index < -0.39 is 5.97 Å². The third kappa shape index (κ3) is 2.90. The van der Waals surface area contributed by atoms with Crippen LogP contribution in [0.4, 0.5) is 0 Å². The highest BCUT2D eigenvalue weighted by molar-refractivity contribution is 6.34. The zero-order valence-corrected chi connectivity index (χ0v) is 8.45. The van der Waals surface area contributed by atoms with Crippen LogP contribution in [0.2, 0.25) is 10.0 Å². The predicted molar refractivity (Wildman–Crippen MR) is 51.3 cm³/mol. The molecule has 2 nitrogen and oxygen atoms in total. The number of ether oxygens (including phenoxy) is 1. The Hall–Kier alpha value is -0.730. The molecule has 0 saturated heterocycles. The maximum atomic E-state index is 11.2. The number of hydrogen-bond donors (Lipinski definition) is 0. The number of carbonyl (C=O) groups is 1. The highest BCUT2D eigenvalue weighted by Crippen LogP contribution is 2.18. The van der Waals surface area contributed by atoms with Gasteiger partial charge in [-0.1, -0.05) is 23.2 Å². The second-order valence-corrected chi connectivity index (χ2v) is 3.10. The molecular weight excluding hydrogens is 211 g/mol. The van der Waals surface area contributed by atoms with Crippen LogP contribution < -0.4 is 0 Å². The second kappa shape index (κ2) is 4.49. The van der Waals surface area contributed by atoms with E-state index in [1.54, 1.807) is 6.92 Å². The Kier molecular flexibility index (Phi) is 3.58. The average Bonchev–Trinajstić information content (AvgIpc) is 2.03. The Morgan fingerprint density at radius 1 is 1.46 bits per heavy atom. The van der Waals surface area contributed by atoms with Crippen molar-refractivity contribution in [2.24, 2.45) is 0 Å². The molecule has 0 aromatic heterocycles. The van der Waals surface area contributed by atoms with Gasteiger partial charge in [0.05, 0.1) is 22.2 Å². The molecule has 0 bridgehead atoms. The van der Waals surface area contributed by atoms with Gasteiger partial charge in [0.2, 0.25) is 0 Å². The van der Waals surface area contributed by atoms with E-state index in [1.165, 1.54) is 12.1 Å². The summed E-state index contributed by atoms with van der Waals surface area (Å²) in [6.45, 7) is 2.06. The summed E-state index contributed by atoms with van der Waals surface area (Å²) in [6.07, 6.45) is 0. The van der Waals surface area contributed by atoms with Crippen LogP contribution in [0, 0.1) is 6.07 Å². The van der Waals surface area contributed by atoms with Crippen LogP contribution in [-0.2, 0) is 4.74 Å². The summed E-state index contributed by atoms with van der Waals surface area (Å²) in [7, 11) is 0. The van der Waals surface area contributed by atoms with Crippen LogP contribution in [0.15, 0.2) is 12.1 Å². The van der Waals surface area contributed by atoms with Crippen molar-refractivity contribution in [3.8, 4) is 0 Å². The Bertz CT molecular complexity index is 303. The van der Waals surface area contributed by atoms with Gasteiger partial charge in [0.1, 0.15) is 0 Å². The van der Waals surface area contributed by atoms with Crippen LogP contribution in [0.1, 0.15) is 17.3 Å². The predicted octanol–water partition coefficient (Wildman–Crippen LogP) is 2.97. The molecule has 1 radical (unpaired) electrons. The van der Waals surface area contributed by atoms with Gasteiger partial charge in [-0.05, 0) is 19.1 Å². The summed E-state index contributed by atoms with van der Waals surface area (Å²) in [4.78, 5) is 11.2. The molecule has 1 aromatic carbocycles. The van der Waals surface area contributed by atoms with E-state index in [0.29, 0.717) is 22.2 Å². The van der Waals surface area contributed by atoms with Gasteiger partial charge in [-0.15, -0.1) is 0 Å². The monoisotopic (exact) mass is 217 g/mol. The van der Waals surface area contributed by atoms with Crippen LogP contribution in [0.3, 0.4) is 0 Å². The largest absolute Gasteiger partial charge is 0.462 e. The zero-order valence-electron chi connectivity index (χ0n) is 6.93. The van der Waals surface area contributed by atoms with Crippen molar-refractivity contribution in [2.45, 2.75) is 6.92 Å². The molecule has 0 fully saturated rings. The van der Waals surface area contributed by atoms with E-state index >= 15 is 0 Å². The van der Waals surface area contributed by atoms with E-state index in [4.69, 9.17) is 27.9 Å². The molecule has 69 valence electrons. The SMILES string of the molecule is CCOC(=O)c1cc(Cl)[c]c(Cl)c1. The Balaban J connectivity index is 2.94. The van der Waals surface area contributed by atoms with Crippen molar-refractivity contribution in [3.05, 3.63) is 33.8 Å². The van der Waals surface area contributed by atoms with E-state index in [0.717, 1.165) is 0 Å². The fourth-order valence-electron chi connectivity index (χ4n) is 0.833. The van der Waals surface area contributed by atoms with Gasteiger partial charge in [-0.25, -0.2) is 4.79 Å². The maximum absolute atomic E-state index is 11.2. The molecule has 4 heteroatoms. The van der Waals surface area contributed by atoms with Gasteiger partial charge in [0.25, 0.3) is 0 Å². The van der Waals surface area contributed by atoms with Crippen molar-refractivity contribution < 1.29 is 9.53 Å². The molecule has 0 spiro atoms. The second-order valence-electron chi connectivity index (χ2n) is 2.29. The van der Waals surface area contributed by atoms with E-state index in [9.17, 15) is 4.79 Å². The molecule has 0 saturated carbocycles. The van der Waals surface area contributed by atoms with Gasteiger partial charge >= 0.3 is 5.97 Å². The topological polar surface area (TPSA) is 26.3 Å². The highest BCUT2D eigenvalue weighted by Gasteiger charge is 2.08.